The molecule has 0 saturated carbocycles. The van der Waals surface area contributed by atoms with E-state index in [-0.39, 0.29) is 0 Å². The van der Waals surface area contributed by atoms with E-state index in [4.69, 9.17) is 20.4 Å². The summed E-state index contributed by atoms with van der Waals surface area (Å²) >= 11 is 0. The van der Waals surface area contributed by atoms with Crippen LogP contribution in [0.15, 0.2) is 29.2 Å². The van der Waals surface area contributed by atoms with E-state index in [1.165, 1.54) is 5.56 Å². The van der Waals surface area contributed by atoms with Gasteiger partial charge in [-0.3, -0.25) is 4.21 Å². The van der Waals surface area contributed by atoms with Crippen LogP contribution in [0.2, 0.25) is 0 Å². The van der Waals surface area contributed by atoms with Crippen LogP contribution in [0.4, 0.5) is 17.5 Å². The molecule has 1 unspecified atom stereocenters. The van der Waals surface area contributed by atoms with Crippen LogP contribution in [0.25, 0.3) is 0 Å². The molecule has 30 heavy (non-hydrogen) atoms. The van der Waals surface area contributed by atoms with E-state index in [1.54, 1.807) is 0 Å². The quantitative estimate of drug-likeness (QED) is 0.725. The number of hydrogen-bond donors (Lipinski definition) is 2. The number of nitrogen functional groups attached to an aromatic ring is 1. The minimum absolute atomic E-state index is 0.319. The Morgan fingerprint density at radius 1 is 1.07 bits per heavy atom. The lowest BCUT2D eigenvalue weighted by atomic mass is 9.89. The van der Waals surface area contributed by atoms with Gasteiger partial charge in [0.05, 0.1) is 16.5 Å². The smallest absolute Gasteiger partial charge is 0.227 e. The van der Waals surface area contributed by atoms with Gasteiger partial charge in [0.2, 0.25) is 5.95 Å². The van der Waals surface area contributed by atoms with Gasteiger partial charge in [-0.25, -0.2) is 4.98 Å². The summed E-state index contributed by atoms with van der Waals surface area (Å²) in [5, 5.41) is 3.57. The highest BCUT2D eigenvalue weighted by Gasteiger charge is 2.30. The first kappa shape index (κ1) is 19.8. The molecule has 4 heterocycles. The highest BCUT2D eigenvalue weighted by molar-refractivity contribution is 7.85. The molecule has 3 aliphatic heterocycles. The number of ether oxygens (including phenoxy) is 1. The lowest BCUT2D eigenvalue weighted by molar-refractivity contribution is 0.0903. The number of nitrogens with two attached hydrogens (primary N) is 1. The van der Waals surface area contributed by atoms with E-state index in [2.05, 4.69) is 22.3 Å². The number of aryl methyl sites for hydroxylation is 1. The van der Waals surface area contributed by atoms with Crippen LogP contribution in [-0.2, 0) is 22.0 Å². The van der Waals surface area contributed by atoms with Crippen molar-refractivity contribution in [2.75, 3.05) is 48.0 Å². The predicted molar refractivity (Wildman–Crippen MR) is 120 cm³/mol. The van der Waals surface area contributed by atoms with E-state index in [0.717, 1.165) is 86.5 Å². The molecule has 2 saturated heterocycles. The summed E-state index contributed by atoms with van der Waals surface area (Å²) in [5.41, 5.74) is 8.95. The number of hydrogen-bond acceptors (Lipinski definition) is 7. The van der Waals surface area contributed by atoms with Crippen LogP contribution in [0, 0.1) is 0 Å². The van der Waals surface area contributed by atoms with Crippen molar-refractivity contribution in [1.29, 1.82) is 0 Å². The Kier molecular flexibility index (Phi) is 5.60. The van der Waals surface area contributed by atoms with Crippen LogP contribution in [0.1, 0.15) is 42.9 Å². The maximum absolute atomic E-state index is 12.6. The molecule has 7 nitrogen and oxygen atoms in total. The van der Waals surface area contributed by atoms with Gasteiger partial charge in [-0.1, -0.05) is 12.1 Å². The Hall–Kier alpha value is -2.19. The summed E-state index contributed by atoms with van der Waals surface area (Å²) < 4.78 is 18.1. The van der Waals surface area contributed by atoms with Crippen molar-refractivity contribution in [1.82, 2.24) is 9.97 Å². The molecule has 0 radical (unpaired) electrons. The Bertz CT molecular complexity index is 922. The topological polar surface area (TPSA) is 93.4 Å². The zero-order valence-electron chi connectivity index (χ0n) is 17.2. The zero-order valence-corrected chi connectivity index (χ0v) is 18.0. The van der Waals surface area contributed by atoms with Gasteiger partial charge in [0, 0.05) is 50.2 Å². The largest absolute Gasteiger partial charge is 0.399 e. The number of nitrogens with zero attached hydrogens (tertiary/aromatic N) is 3. The molecule has 2 fully saturated rings. The molecule has 160 valence electrons. The van der Waals surface area contributed by atoms with Crippen LogP contribution >= 0.6 is 0 Å². The maximum atomic E-state index is 12.6. The third kappa shape index (κ3) is 4.03. The molecule has 0 bridgehead atoms. The number of anilines is 3. The van der Waals surface area contributed by atoms with Gasteiger partial charge in [0.15, 0.2) is 0 Å². The lowest BCUT2D eigenvalue weighted by Crippen LogP contribution is -2.35. The van der Waals surface area contributed by atoms with E-state index < -0.39 is 10.8 Å². The molecule has 1 aromatic carbocycles. The van der Waals surface area contributed by atoms with Gasteiger partial charge in [-0.15, -0.1) is 0 Å². The highest BCUT2D eigenvalue weighted by atomic mass is 32.2. The first-order valence-electron chi connectivity index (χ1n) is 10.9. The average Bonchev–Trinajstić information content (AvgIpc) is 3.16. The fraction of sp³-hybridized carbons (Fsp3) is 0.545. The normalized spacial score (nSPS) is 22.8. The second-order valence-corrected chi connectivity index (χ2v) is 9.91. The first-order valence-corrected chi connectivity index (χ1v) is 12.2. The molecular formula is C22H29N5O2S. The van der Waals surface area contributed by atoms with Crippen molar-refractivity contribution < 1.29 is 8.95 Å². The molecule has 3 N–H and O–H groups in total. The Balaban J connectivity index is 1.34. The second kappa shape index (κ2) is 8.51. The minimum Gasteiger partial charge on any atom is -0.399 e. The van der Waals surface area contributed by atoms with Crippen LogP contribution < -0.4 is 16.0 Å². The standard InChI is InChI=1S/C22H29N5O2S/c23-17-3-1-15(2-4-17)16-5-10-27(11-6-16)22-25-19-9-14-30(28)20(19)21(26-22)24-18-7-12-29-13-8-18/h1-4,16,18H,5-14,23H2,(H,24,25,26). The van der Waals surface area contributed by atoms with Gasteiger partial charge >= 0.3 is 0 Å². The average molecular weight is 428 g/mol. The highest BCUT2D eigenvalue weighted by Crippen LogP contribution is 2.34. The molecule has 8 heteroatoms. The van der Waals surface area contributed by atoms with E-state index >= 15 is 0 Å². The fourth-order valence-electron chi connectivity index (χ4n) is 4.64. The van der Waals surface area contributed by atoms with E-state index in [9.17, 15) is 4.21 Å². The summed E-state index contributed by atoms with van der Waals surface area (Å²) in [7, 11) is -1.01. The molecule has 0 amide bonds. The number of nitrogens with one attached hydrogen (secondary N) is 1. The number of aromatic nitrogens is 2. The summed E-state index contributed by atoms with van der Waals surface area (Å²) in [6.45, 7) is 3.38. The van der Waals surface area contributed by atoms with Crippen molar-refractivity contribution in [2.24, 2.45) is 0 Å². The lowest BCUT2D eigenvalue weighted by Gasteiger charge is -2.33. The van der Waals surface area contributed by atoms with Crippen LogP contribution in [0.5, 0.6) is 0 Å². The molecule has 3 aliphatic rings. The van der Waals surface area contributed by atoms with Gasteiger partial charge in [0.25, 0.3) is 0 Å². The number of fused-ring (bicyclic) bond motifs is 1. The summed E-state index contributed by atoms with van der Waals surface area (Å²) in [4.78, 5) is 12.8. The summed E-state index contributed by atoms with van der Waals surface area (Å²) in [6, 6.07) is 8.58. The maximum Gasteiger partial charge on any atom is 0.227 e. The van der Waals surface area contributed by atoms with Crippen molar-refractivity contribution in [2.45, 2.75) is 49.0 Å². The fourth-order valence-corrected chi connectivity index (χ4v) is 5.95. The van der Waals surface area contributed by atoms with Gasteiger partial charge in [-0.2, -0.15) is 4.98 Å². The van der Waals surface area contributed by atoms with Crippen molar-refractivity contribution in [3.63, 3.8) is 0 Å². The van der Waals surface area contributed by atoms with E-state index in [1.807, 2.05) is 12.1 Å². The van der Waals surface area contributed by atoms with E-state index in [0.29, 0.717) is 17.7 Å². The number of rotatable bonds is 4. The van der Waals surface area contributed by atoms with Crippen LogP contribution in [0.3, 0.4) is 0 Å². The summed E-state index contributed by atoms with van der Waals surface area (Å²) in [6.07, 6.45) is 4.81. The molecule has 1 aromatic heterocycles. The van der Waals surface area contributed by atoms with Crippen molar-refractivity contribution >= 4 is 28.3 Å². The first-order chi connectivity index (χ1) is 14.7. The Morgan fingerprint density at radius 3 is 2.53 bits per heavy atom. The van der Waals surface area contributed by atoms with Crippen molar-refractivity contribution in [3.8, 4) is 0 Å². The third-order valence-corrected chi connectivity index (χ3v) is 7.88. The Labute approximate surface area is 179 Å². The van der Waals surface area contributed by atoms with Crippen LogP contribution in [-0.4, -0.2) is 52.3 Å². The number of benzene rings is 1. The SMILES string of the molecule is Nc1ccc(C2CCN(c3nc4c(c(NC5CCOCC5)n3)S(=O)CC4)CC2)cc1. The second-order valence-electron chi connectivity index (χ2n) is 8.41. The Morgan fingerprint density at radius 2 is 1.80 bits per heavy atom. The van der Waals surface area contributed by atoms with Gasteiger partial charge in [0.1, 0.15) is 10.7 Å². The molecule has 2 aromatic rings. The monoisotopic (exact) mass is 427 g/mol. The van der Waals surface area contributed by atoms with Gasteiger partial charge < -0.3 is 20.7 Å². The summed E-state index contributed by atoms with van der Waals surface area (Å²) in [5.74, 6) is 2.75. The molecule has 0 aliphatic carbocycles. The van der Waals surface area contributed by atoms with Gasteiger partial charge in [-0.05, 0) is 49.3 Å². The molecule has 5 rings (SSSR count). The molecular weight excluding hydrogens is 398 g/mol. The van der Waals surface area contributed by atoms with Crippen molar-refractivity contribution in [3.05, 3.63) is 35.5 Å². The molecule has 0 spiro atoms. The third-order valence-electron chi connectivity index (χ3n) is 6.42. The molecule has 1 atom stereocenters. The minimum atomic E-state index is -1.01. The zero-order chi connectivity index (χ0) is 20.5. The predicted octanol–water partition coefficient (Wildman–Crippen LogP) is 2.70. The number of piperidine rings is 1.